The lowest BCUT2D eigenvalue weighted by Crippen LogP contribution is -2.49. The highest BCUT2D eigenvalue weighted by Gasteiger charge is 2.36. The summed E-state index contributed by atoms with van der Waals surface area (Å²) in [6.07, 6.45) is 4.70. The molecule has 31 heavy (non-hydrogen) atoms. The van der Waals surface area contributed by atoms with E-state index in [0.717, 1.165) is 48.0 Å². The van der Waals surface area contributed by atoms with Gasteiger partial charge in [0.1, 0.15) is 5.60 Å². The number of fused-ring (bicyclic) bond motifs is 1. The Bertz CT molecular complexity index is 1090. The van der Waals surface area contributed by atoms with E-state index in [0.29, 0.717) is 31.4 Å². The number of aromatic nitrogens is 4. The monoisotopic (exact) mass is 423 g/mol. The number of aromatic hydroxyl groups is 1. The first-order valence-corrected chi connectivity index (χ1v) is 11.1. The Balaban J connectivity index is 1.43. The highest BCUT2D eigenvalue weighted by molar-refractivity contribution is 5.84. The van der Waals surface area contributed by atoms with Gasteiger partial charge in [-0.05, 0) is 64.0 Å². The molecule has 1 atom stereocenters. The third kappa shape index (κ3) is 3.80. The van der Waals surface area contributed by atoms with Crippen molar-refractivity contribution in [2.24, 2.45) is 5.92 Å². The summed E-state index contributed by atoms with van der Waals surface area (Å²) in [4.78, 5) is 22.1. The molecular weight excluding hydrogens is 394 g/mol. The molecule has 164 valence electrons. The van der Waals surface area contributed by atoms with Crippen molar-refractivity contribution in [2.75, 3.05) is 13.1 Å². The van der Waals surface area contributed by atoms with Crippen molar-refractivity contribution in [2.45, 2.75) is 57.5 Å². The Morgan fingerprint density at radius 1 is 1.26 bits per heavy atom. The second-order valence-corrected chi connectivity index (χ2v) is 9.47. The van der Waals surface area contributed by atoms with Gasteiger partial charge in [-0.1, -0.05) is 12.1 Å². The number of hydrogen-bond acceptors (Lipinski definition) is 5. The molecule has 1 saturated carbocycles. The number of aliphatic hydroxyl groups is 1. The average molecular weight is 424 g/mol. The van der Waals surface area contributed by atoms with Crippen molar-refractivity contribution in [1.29, 1.82) is 0 Å². The zero-order valence-electron chi connectivity index (χ0n) is 18.0. The van der Waals surface area contributed by atoms with Gasteiger partial charge in [0.05, 0.1) is 16.7 Å². The highest BCUT2D eigenvalue weighted by Crippen LogP contribution is 2.44. The van der Waals surface area contributed by atoms with E-state index in [2.05, 4.69) is 9.97 Å². The molecule has 3 heterocycles. The quantitative estimate of drug-likeness (QED) is 0.585. The van der Waals surface area contributed by atoms with Crippen LogP contribution in [0.5, 0.6) is 5.88 Å². The normalized spacial score (nSPS) is 19.8. The smallest absolute Gasteiger partial charge is 0.253 e. The molecule has 0 spiro atoms. The molecule has 2 aromatic heterocycles. The van der Waals surface area contributed by atoms with E-state index in [1.807, 2.05) is 24.3 Å². The molecule has 1 aliphatic carbocycles. The van der Waals surface area contributed by atoms with Crippen LogP contribution in [-0.4, -0.2) is 59.5 Å². The largest absolute Gasteiger partial charge is 0.493 e. The molecule has 8 heteroatoms. The van der Waals surface area contributed by atoms with Crippen LogP contribution in [0.25, 0.3) is 17.0 Å². The van der Waals surface area contributed by atoms with Gasteiger partial charge in [0.2, 0.25) is 11.8 Å². The molecule has 0 radical (unpaired) electrons. The predicted molar refractivity (Wildman–Crippen MR) is 116 cm³/mol. The van der Waals surface area contributed by atoms with E-state index in [-0.39, 0.29) is 17.7 Å². The van der Waals surface area contributed by atoms with Crippen molar-refractivity contribution in [3.8, 4) is 11.8 Å². The van der Waals surface area contributed by atoms with Gasteiger partial charge in [-0.25, -0.2) is 4.98 Å². The van der Waals surface area contributed by atoms with E-state index >= 15 is 0 Å². The number of H-pyrrole nitrogens is 1. The Labute approximate surface area is 180 Å². The first-order chi connectivity index (χ1) is 14.8. The second-order valence-electron chi connectivity index (χ2n) is 9.47. The third-order valence-electron chi connectivity index (χ3n) is 6.35. The summed E-state index contributed by atoms with van der Waals surface area (Å²) < 4.78 is 1.52. The molecule has 1 saturated heterocycles. The van der Waals surface area contributed by atoms with Crippen LogP contribution < -0.4 is 0 Å². The number of para-hydroxylation sites is 2. The van der Waals surface area contributed by atoms with Crippen molar-refractivity contribution in [1.82, 2.24) is 24.6 Å². The van der Waals surface area contributed by atoms with Crippen LogP contribution in [0.3, 0.4) is 0 Å². The lowest BCUT2D eigenvalue weighted by atomic mass is 9.90. The summed E-state index contributed by atoms with van der Waals surface area (Å²) in [5.41, 5.74) is 2.18. The summed E-state index contributed by atoms with van der Waals surface area (Å²) in [6, 6.07) is 7.75. The van der Waals surface area contributed by atoms with Crippen LogP contribution in [0.4, 0.5) is 0 Å². The molecule has 1 aliphatic heterocycles. The fraction of sp³-hybridized carbons (Fsp3) is 0.522. The van der Waals surface area contributed by atoms with Crippen LogP contribution in [0.1, 0.15) is 56.7 Å². The Morgan fingerprint density at radius 3 is 2.74 bits per heavy atom. The SMILES string of the molecule is CC(C)(O)C(=O)N1CCCC(Cc2c(C3CC3)nn(-c3nc4ccccc4[nH]3)c2O)C1. The number of nitrogens with one attached hydrogen (secondary N) is 1. The molecule has 3 N–H and O–H groups in total. The summed E-state index contributed by atoms with van der Waals surface area (Å²) >= 11 is 0. The van der Waals surface area contributed by atoms with E-state index in [1.54, 1.807) is 4.90 Å². The molecular formula is C23H29N5O3. The number of amides is 1. The number of likely N-dealkylation sites (tertiary alicyclic amines) is 1. The number of imidazole rings is 1. The molecule has 0 bridgehead atoms. The molecule has 5 rings (SSSR count). The van der Waals surface area contributed by atoms with Gasteiger partial charge in [-0.15, -0.1) is 0 Å². The Hall–Kier alpha value is -2.87. The van der Waals surface area contributed by atoms with Crippen molar-refractivity contribution < 1.29 is 15.0 Å². The van der Waals surface area contributed by atoms with Crippen LogP contribution in [0.2, 0.25) is 0 Å². The summed E-state index contributed by atoms with van der Waals surface area (Å²) in [5.74, 6) is 1.00. The number of carbonyl (C=O) groups is 1. The number of piperidine rings is 1. The number of rotatable bonds is 5. The van der Waals surface area contributed by atoms with E-state index < -0.39 is 5.60 Å². The Morgan fingerprint density at radius 2 is 2.03 bits per heavy atom. The topological polar surface area (TPSA) is 107 Å². The third-order valence-corrected chi connectivity index (χ3v) is 6.35. The van der Waals surface area contributed by atoms with Crippen molar-refractivity contribution in [3.63, 3.8) is 0 Å². The van der Waals surface area contributed by atoms with Gasteiger partial charge in [-0.3, -0.25) is 4.79 Å². The van der Waals surface area contributed by atoms with E-state index in [1.165, 1.54) is 18.5 Å². The maximum absolute atomic E-state index is 12.5. The number of hydrogen-bond donors (Lipinski definition) is 3. The first kappa shape index (κ1) is 20.1. The minimum absolute atomic E-state index is 0.131. The maximum Gasteiger partial charge on any atom is 0.253 e. The van der Waals surface area contributed by atoms with Crippen molar-refractivity contribution in [3.05, 3.63) is 35.5 Å². The molecule has 1 aromatic carbocycles. The zero-order valence-corrected chi connectivity index (χ0v) is 18.0. The predicted octanol–water partition coefficient (Wildman–Crippen LogP) is 2.88. The molecule has 1 unspecified atom stereocenters. The molecule has 1 amide bonds. The van der Waals surface area contributed by atoms with Gasteiger partial charge in [-0.2, -0.15) is 9.78 Å². The highest BCUT2D eigenvalue weighted by atomic mass is 16.3. The minimum Gasteiger partial charge on any atom is -0.493 e. The van der Waals surface area contributed by atoms with Gasteiger partial charge in [0.25, 0.3) is 5.91 Å². The van der Waals surface area contributed by atoms with Crippen LogP contribution in [0.15, 0.2) is 24.3 Å². The zero-order chi connectivity index (χ0) is 21.8. The molecule has 2 aliphatic rings. The minimum atomic E-state index is -1.37. The lowest BCUT2D eigenvalue weighted by molar-refractivity contribution is -0.149. The summed E-state index contributed by atoms with van der Waals surface area (Å²) in [5, 5.41) is 26.0. The lowest BCUT2D eigenvalue weighted by Gasteiger charge is -2.36. The van der Waals surface area contributed by atoms with Crippen LogP contribution in [-0.2, 0) is 11.2 Å². The van der Waals surface area contributed by atoms with Crippen LogP contribution in [0, 0.1) is 5.92 Å². The van der Waals surface area contributed by atoms with E-state index in [9.17, 15) is 15.0 Å². The average Bonchev–Trinajstić information content (AvgIpc) is 3.41. The standard InChI is InChI=1S/C23H29N5O3/c1-23(2,31)21(30)27-11-5-6-14(13-27)12-16-19(15-9-10-15)26-28(20(16)29)22-24-17-7-3-4-8-18(17)25-22/h3-4,7-8,14-15,29,31H,5-6,9-13H2,1-2H3,(H,24,25). The number of benzene rings is 1. The van der Waals surface area contributed by atoms with Gasteiger partial charge >= 0.3 is 0 Å². The molecule has 2 fully saturated rings. The van der Waals surface area contributed by atoms with Gasteiger partial charge < -0.3 is 20.1 Å². The van der Waals surface area contributed by atoms with Gasteiger partial charge in [0, 0.05) is 24.6 Å². The number of nitrogens with zero attached hydrogens (tertiary/aromatic N) is 4. The second kappa shape index (κ2) is 7.37. The number of carbonyl (C=O) groups excluding carboxylic acids is 1. The van der Waals surface area contributed by atoms with Crippen molar-refractivity contribution >= 4 is 16.9 Å². The van der Waals surface area contributed by atoms with Gasteiger partial charge in [0.15, 0.2) is 0 Å². The van der Waals surface area contributed by atoms with E-state index in [4.69, 9.17) is 5.10 Å². The Kier molecular flexibility index (Phi) is 4.77. The molecule has 3 aromatic rings. The summed E-state index contributed by atoms with van der Waals surface area (Å²) in [6.45, 7) is 4.32. The van der Waals surface area contributed by atoms with Crippen LogP contribution >= 0.6 is 0 Å². The number of aromatic amines is 1. The first-order valence-electron chi connectivity index (χ1n) is 11.1. The summed E-state index contributed by atoms with van der Waals surface area (Å²) in [7, 11) is 0. The molecule has 8 nitrogen and oxygen atoms in total. The fourth-order valence-corrected chi connectivity index (χ4v) is 4.62. The fourth-order valence-electron chi connectivity index (χ4n) is 4.62. The maximum atomic E-state index is 12.5.